The number of carbonyl (C=O) groups is 1. The van der Waals surface area contributed by atoms with Crippen molar-refractivity contribution in [3.63, 3.8) is 0 Å². The van der Waals surface area contributed by atoms with Crippen LogP contribution < -0.4 is 16.0 Å². The fraction of sp³-hybridized carbons (Fsp3) is 0.267. The summed E-state index contributed by atoms with van der Waals surface area (Å²) in [5, 5.41) is 2.52. The summed E-state index contributed by atoms with van der Waals surface area (Å²) in [5.41, 5.74) is 1.43. The zero-order valence-electron chi connectivity index (χ0n) is 11.4. The maximum Gasteiger partial charge on any atom is 0.242 e. The molecular formula is C15H17ClN2O2. The molecule has 0 fully saturated rings. The molecule has 0 aliphatic carbocycles. The van der Waals surface area contributed by atoms with Gasteiger partial charge < -0.3 is 4.74 Å². The van der Waals surface area contributed by atoms with Gasteiger partial charge in [0.15, 0.2) is 0 Å². The summed E-state index contributed by atoms with van der Waals surface area (Å²) >= 11 is 6.16. The van der Waals surface area contributed by atoms with Crippen LogP contribution in [0.25, 0.3) is 10.8 Å². The van der Waals surface area contributed by atoms with Crippen LogP contribution >= 0.6 is 11.6 Å². The van der Waals surface area contributed by atoms with Gasteiger partial charge in [-0.2, -0.15) is 0 Å². The SMILES string of the molecule is CC(C)(COc1ccc(Cl)c2ccccc12)C(=O)NN. The molecule has 5 heteroatoms. The molecule has 0 heterocycles. The van der Waals surface area contributed by atoms with E-state index in [4.69, 9.17) is 22.2 Å². The summed E-state index contributed by atoms with van der Waals surface area (Å²) in [4.78, 5) is 11.6. The highest BCUT2D eigenvalue weighted by Crippen LogP contribution is 2.32. The molecule has 0 unspecified atom stereocenters. The van der Waals surface area contributed by atoms with Crippen molar-refractivity contribution in [3.05, 3.63) is 41.4 Å². The third-order valence-electron chi connectivity index (χ3n) is 3.17. The number of benzene rings is 2. The van der Waals surface area contributed by atoms with Gasteiger partial charge in [-0.1, -0.05) is 35.9 Å². The van der Waals surface area contributed by atoms with E-state index in [1.165, 1.54) is 0 Å². The normalized spacial score (nSPS) is 11.4. The summed E-state index contributed by atoms with van der Waals surface area (Å²) in [5.74, 6) is 5.59. The first kappa shape index (κ1) is 14.6. The van der Waals surface area contributed by atoms with Crippen LogP contribution in [0.2, 0.25) is 5.02 Å². The van der Waals surface area contributed by atoms with Crippen LogP contribution in [0.4, 0.5) is 0 Å². The summed E-state index contributed by atoms with van der Waals surface area (Å²) in [6.45, 7) is 3.77. The lowest BCUT2D eigenvalue weighted by Gasteiger charge is -2.23. The second-order valence-electron chi connectivity index (χ2n) is 5.24. The van der Waals surface area contributed by atoms with Gasteiger partial charge in [0, 0.05) is 15.8 Å². The van der Waals surface area contributed by atoms with Gasteiger partial charge in [-0.25, -0.2) is 5.84 Å². The monoisotopic (exact) mass is 292 g/mol. The van der Waals surface area contributed by atoms with E-state index in [2.05, 4.69) is 5.43 Å². The Balaban J connectivity index is 2.27. The minimum Gasteiger partial charge on any atom is -0.492 e. The molecule has 2 rings (SSSR count). The highest BCUT2D eigenvalue weighted by molar-refractivity contribution is 6.35. The maximum atomic E-state index is 11.6. The van der Waals surface area contributed by atoms with Crippen LogP contribution in [0.5, 0.6) is 5.75 Å². The van der Waals surface area contributed by atoms with Crippen LogP contribution in [0.3, 0.4) is 0 Å². The molecule has 20 heavy (non-hydrogen) atoms. The van der Waals surface area contributed by atoms with Crippen molar-refractivity contribution in [2.45, 2.75) is 13.8 Å². The van der Waals surface area contributed by atoms with E-state index in [-0.39, 0.29) is 12.5 Å². The molecule has 1 amide bonds. The number of nitrogens with two attached hydrogens (primary N) is 1. The number of hydrogen-bond acceptors (Lipinski definition) is 3. The van der Waals surface area contributed by atoms with Crippen molar-refractivity contribution >= 4 is 28.3 Å². The number of carbonyl (C=O) groups excluding carboxylic acids is 1. The van der Waals surface area contributed by atoms with Crippen LogP contribution in [-0.2, 0) is 4.79 Å². The molecule has 0 atom stereocenters. The molecule has 3 N–H and O–H groups in total. The number of hydrazine groups is 1. The number of hydrogen-bond donors (Lipinski definition) is 2. The van der Waals surface area contributed by atoms with E-state index in [1.54, 1.807) is 26.0 Å². The van der Waals surface area contributed by atoms with E-state index >= 15 is 0 Å². The van der Waals surface area contributed by atoms with Crippen LogP contribution in [0, 0.1) is 5.41 Å². The lowest BCUT2D eigenvalue weighted by atomic mass is 9.94. The quantitative estimate of drug-likeness (QED) is 0.517. The Labute approximate surface area is 122 Å². The van der Waals surface area contributed by atoms with E-state index in [1.807, 2.05) is 24.3 Å². The van der Waals surface area contributed by atoms with Crippen LogP contribution in [0.15, 0.2) is 36.4 Å². The fourth-order valence-corrected chi connectivity index (χ4v) is 2.11. The first-order valence-corrected chi connectivity index (χ1v) is 6.64. The van der Waals surface area contributed by atoms with Crippen LogP contribution in [-0.4, -0.2) is 12.5 Å². The number of nitrogens with one attached hydrogen (secondary N) is 1. The number of fused-ring (bicyclic) bond motifs is 1. The van der Waals surface area contributed by atoms with Crippen molar-refractivity contribution < 1.29 is 9.53 Å². The lowest BCUT2D eigenvalue weighted by Crippen LogP contribution is -2.44. The smallest absolute Gasteiger partial charge is 0.242 e. The van der Waals surface area contributed by atoms with Crippen molar-refractivity contribution in [3.8, 4) is 5.75 Å². The number of ether oxygens (including phenoxy) is 1. The molecule has 0 saturated carbocycles. The van der Waals surface area contributed by atoms with Gasteiger partial charge in [-0.05, 0) is 26.0 Å². The van der Waals surface area contributed by atoms with Crippen molar-refractivity contribution in [2.24, 2.45) is 11.3 Å². The molecule has 0 radical (unpaired) electrons. The largest absolute Gasteiger partial charge is 0.492 e. The zero-order chi connectivity index (χ0) is 14.8. The average molecular weight is 293 g/mol. The first-order chi connectivity index (χ1) is 9.45. The van der Waals surface area contributed by atoms with Crippen molar-refractivity contribution in [1.82, 2.24) is 5.43 Å². The average Bonchev–Trinajstić information content (AvgIpc) is 2.46. The number of halogens is 1. The predicted octanol–water partition coefficient (Wildman–Crippen LogP) is 2.89. The molecule has 0 saturated heterocycles. The van der Waals surface area contributed by atoms with Gasteiger partial charge >= 0.3 is 0 Å². The Bertz CT molecular complexity index is 641. The van der Waals surface area contributed by atoms with Crippen molar-refractivity contribution in [1.29, 1.82) is 0 Å². The Hall–Kier alpha value is -1.78. The van der Waals surface area contributed by atoms with E-state index < -0.39 is 5.41 Å². The Morgan fingerprint density at radius 2 is 1.90 bits per heavy atom. The second kappa shape index (κ2) is 5.69. The highest BCUT2D eigenvalue weighted by Gasteiger charge is 2.28. The molecule has 0 aliphatic rings. The number of rotatable bonds is 4. The molecule has 106 valence electrons. The van der Waals surface area contributed by atoms with Crippen molar-refractivity contribution in [2.75, 3.05) is 6.61 Å². The van der Waals surface area contributed by atoms with Gasteiger partial charge in [0.25, 0.3) is 0 Å². The molecule has 4 nitrogen and oxygen atoms in total. The Morgan fingerprint density at radius 3 is 2.55 bits per heavy atom. The Morgan fingerprint density at radius 1 is 1.25 bits per heavy atom. The molecule has 0 aliphatic heterocycles. The second-order valence-corrected chi connectivity index (χ2v) is 5.64. The first-order valence-electron chi connectivity index (χ1n) is 6.27. The van der Waals surface area contributed by atoms with E-state index in [0.29, 0.717) is 10.8 Å². The van der Waals surface area contributed by atoms with E-state index in [9.17, 15) is 4.79 Å². The van der Waals surface area contributed by atoms with Gasteiger partial charge in [0.2, 0.25) is 5.91 Å². The topological polar surface area (TPSA) is 64.3 Å². The minimum absolute atomic E-state index is 0.224. The van der Waals surface area contributed by atoms with Gasteiger partial charge in [-0.3, -0.25) is 10.2 Å². The predicted molar refractivity (Wildman–Crippen MR) is 80.6 cm³/mol. The molecule has 0 aromatic heterocycles. The summed E-state index contributed by atoms with van der Waals surface area (Å²) in [7, 11) is 0. The minimum atomic E-state index is -0.713. The van der Waals surface area contributed by atoms with Gasteiger partial charge in [-0.15, -0.1) is 0 Å². The third-order valence-corrected chi connectivity index (χ3v) is 3.49. The molecule has 0 bridgehead atoms. The summed E-state index contributed by atoms with van der Waals surface area (Å²) in [6.07, 6.45) is 0. The highest BCUT2D eigenvalue weighted by atomic mass is 35.5. The van der Waals surface area contributed by atoms with Gasteiger partial charge in [0.05, 0.1) is 5.41 Å². The summed E-state index contributed by atoms with van der Waals surface area (Å²) in [6, 6.07) is 11.3. The molecule has 2 aromatic carbocycles. The standard InChI is InChI=1S/C15H17ClN2O2/c1-15(2,14(19)18-17)9-20-13-8-7-12(16)10-5-3-4-6-11(10)13/h3-8H,9,17H2,1-2H3,(H,18,19). The molecule has 2 aromatic rings. The Kier molecular flexibility index (Phi) is 4.16. The van der Waals surface area contributed by atoms with Gasteiger partial charge in [0.1, 0.15) is 12.4 Å². The van der Waals surface area contributed by atoms with Crippen LogP contribution in [0.1, 0.15) is 13.8 Å². The zero-order valence-corrected chi connectivity index (χ0v) is 12.2. The maximum absolute atomic E-state index is 11.6. The number of amides is 1. The lowest BCUT2D eigenvalue weighted by molar-refractivity contribution is -0.130. The molecule has 0 spiro atoms. The fourth-order valence-electron chi connectivity index (χ4n) is 1.88. The third kappa shape index (κ3) is 2.86. The summed E-state index contributed by atoms with van der Waals surface area (Å²) < 4.78 is 5.79. The van der Waals surface area contributed by atoms with E-state index in [0.717, 1.165) is 10.8 Å². The molecular weight excluding hydrogens is 276 g/mol.